The summed E-state index contributed by atoms with van der Waals surface area (Å²) in [5, 5.41) is 3.45. The number of aliphatic imine (C=N–C) groups is 1. The van der Waals surface area contributed by atoms with Gasteiger partial charge in [0, 0.05) is 6.54 Å². The fourth-order valence-electron chi connectivity index (χ4n) is 4.10. The number of ether oxygens (including phenoxy) is 1. The number of hydrogen-bond acceptors (Lipinski definition) is 3. The van der Waals surface area contributed by atoms with E-state index in [0.717, 1.165) is 11.1 Å². The number of benzene rings is 3. The molecule has 0 aromatic heterocycles. The summed E-state index contributed by atoms with van der Waals surface area (Å²) in [6.07, 6.45) is -0.0524. The van der Waals surface area contributed by atoms with Gasteiger partial charge >= 0.3 is 6.09 Å². The zero-order chi connectivity index (χ0) is 24.1. The van der Waals surface area contributed by atoms with Crippen molar-refractivity contribution in [1.82, 2.24) is 10.2 Å². The standard InChI is InChI=1S/C28H30FN3O2/c1-28(2,3)34-27(33)32-25(22-15-8-5-9-16-22)24(21-13-6-4-7-14-21)31-26(32)30-19-18-20-12-10-11-17-23(20)29/h4-17,24-25H,18-19H2,1-3H3,(H,30,31)/t24-,25+/m0/s1. The first-order valence-corrected chi connectivity index (χ1v) is 11.5. The third-order valence-corrected chi connectivity index (χ3v) is 5.60. The fourth-order valence-corrected chi connectivity index (χ4v) is 4.10. The summed E-state index contributed by atoms with van der Waals surface area (Å²) >= 11 is 0. The van der Waals surface area contributed by atoms with Crippen molar-refractivity contribution in [2.24, 2.45) is 4.99 Å². The second-order valence-corrected chi connectivity index (χ2v) is 9.29. The van der Waals surface area contributed by atoms with Gasteiger partial charge in [-0.05, 0) is 49.9 Å². The van der Waals surface area contributed by atoms with Crippen LogP contribution in [0.1, 0.15) is 49.5 Å². The van der Waals surface area contributed by atoms with E-state index >= 15 is 0 Å². The van der Waals surface area contributed by atoms with Crippen LogP contribution in [-0.2, 0) is 11.2 Å². The summed E-state index contributed by atoms with van der Waals surface area (Å²) in [5.74, 6) is 0.170. The number of rotatable bonds is 5. The molecule has 3 aromatic carbocycles. The molecule has 2 atom stereocenters. The lowest BCUT2D eigenvalue weighted by molar-refractivity contribution is 0.0320. The first-order chi connectivity index (χ1) is 16.3. The van der Waals surface area contributed by atoms with Crippen molar-refractivity contribution in [2.45, 2.75) is 44.9 Å². The van der Waals surface area contributed by atoms with E-state index in [-0.39, 0.29) is 17.9 Å². The Morgan fingerprint density at radius 2 is 1.53 bits per heavy atom. The molecule has 176 valence electrons. The minimum absolute atomic E-state index is 0.219. The van der Waals surface area contributed by atoms with Gasteiger partial charge in [-0.1, -0.05) is 78.9 Å². The van der Waals surface area contributed by atoms with Crippen LogP contribution in [0.25, 0.3) is 0 Å². The van der Waals surface area contributed by atoms with Gasteiger partial charge in [-0.3, -0.25) is 4.99 Å². The number of carbonyl (C=O) groups is 1. The number of amides is 1. The highest BCUT2D eigenvalue weighted by atomic mass is 19.1. The quantitative estimate of drug-likeness (QED) is 0.506. The van der Waals surface area contributed by atoms with Gasteiger partial charge < -0.3 is 10.1 Å². The van der Waals surface area contributed by atoms with Gasteiger partial charge in [0.2, 0.25) is 5.96 Å². The highest BCUT2D eigenvalue weighted by Gasteiger charge is 2.44. The second-order valence-electron chi connectivity index (χ2n) is 9.29. The maximum atomic E-state index is 14.1. The monoisotopic (exact) mass is 459 g/mol. The lowest BCUT2D eigenvalue weighted by atomic mass is 9.94. The largest absolute Gasteiger partial charge is 0.443 e. The number of carbonyl (C=O) groups excluding carboxylic acids is 1. The normalized spacial score (nSPS) is 19.2. The van der Waals surface area contributed by atoms with Crippen molar-refractivity contribution in [2.75, 3.05) is 6.54 Å². The van der Waals surface area contributed by atoms with Gasteiger partial charge in [-0.25, -0.2) is 14.1 Å². The van der Waals surface area contributed by atoms with Crippen molar-refractivity contribution in [3.8, 4) is 0 Å². The predicted octanol–water partition coefficient (Wildman–Crippen LogP) is 6.05. The Morgan fingerprint density at radius 1 is 0.941 bits per heavy atom. The van der Waals surface area contributed by atoms with E-state index in [0.29, 0.717) is 24.5 Å². The molecule has 1 amide bonds. The van der Waals surface area contributed by atoms with Crippen molar-refractivity contribution in [3.05, 3.63) is 107 Å². The molecule has 6 heteroatoms. The van der Waals surface area contributed by atoms with Gasteiger partial charge in [0.1, 0.15) is 11.4 Å². The van der Waals surface area contributed by atoms with Gasteiger partial charge in [0.25, 0.3) is 0 Å². The third-order valence-electron chi connectivity index (χ3n) is 5.60. The van der Waals surface area contributed by atoms with E-state index in [2.05, 4.69) is 5.32 Å². The Morgan fingerprint density at radius 3 is 2.15 bits per heavy atom. The predicted molar refractivity (Wildman–Crippen MR) is 132 cm³/mol. The van der Waals surface area contributed by atoms with E-state index < -0.39 is 11.7 Å². The topological polar surface area (TPSA) is 53.9 Å². The van der Waals surface area contributed by atoms with Gasteiger partial charge in [0.15, 0.2) is 0 Å². The molecular weight excluding hydrogens is 429 g/mol. The number of nitrogens with one attached hydrogen (secondary N) is 1. The van der Waals surface area contributed by atoms with Gasteiger partial charge in [-0.2, -0.15) is 0 Å². The number of halogens is 1. The smallest absolute Gasteiger partial charge is 0.417 e. The molecule has 0 saturated carbocycles. The molecule has 3 aromatic rings. The molecule has 1 saturated heterocycles. The molecule has 1 fully saturated rings. The van der Waals surface area contributed by atoms with Crippen LogP contribution in [0.5, 0.6) is 0 Å². The molecular formula is C28H30FN3O2. The molecule has 0 spiro atoms. The summed E-state index contributed by atoms with van der Waals surface area (Å²) < 4.78 is 19.9. The average molecular weight is 460 g/mol. The highest BCUT2D eigenvalue weighted by Crippen LogP contribution is 2.39. The molecule has 4 rings (SSSR count). The lowest BCUT2D eigenvalue weighted by Crippen LogP contribution is -2.41. The fraction of sp³-hybridized carbons (Fsp3) is 0.286. The maximum absolute atomic E-state index is 14.1. The van der Waals surface area contributed by atoms with E-state index in [1.54, 1.807) is 17.0 Å². The van der Waals surface area contributed by atoms with Crippen molar-refractivity contribution < 1.29 is 13.9 Å². The summed E-state index contributed by atoms with van der Waals surface area (Å²) in [5.41, 5.74) is 1.92. The van der Waals surface area contributed by atoms with Gasteiger partial charge in [0.05, 0.1) is 12.1 Å². The van der Waals surface area contributed by atoms with Crippen LogP contribution in [0.3, 0.4) is 0 Å². The molecule has 1 aliphatic heterocycles. The first-order valence-electron chi connectivity index (χ1n) is 11.5. The SMILES string of the molecule is CC(C)(C)OC(=O)N1C(=NCCc2ccccc2F)N[C@@H](c2ccccc2)[C@H]1c1ccccc1. The summed E-state index contributed by atoms with van der Waals surface area (Å²) in [4.78, 5) is 19.7. The van der Waals surface area contributed by atoms with E-state index in [1.807, 2.05) is 87.5 Å². The van der Waals surface area contributed by atoms with Crippen LogP contribution in [0.4, 0.5) is 9.18 Å². The summed E-state index contributed by atoms with van der Waals surface area (Å²) in [6.45, 7) is 5.85. The molecule has 1 N–H and O–H groups in total. The Labute approximate surface area is 200 Å². The maximum Gasteiger partial charge on any atom is 0.417 e. The van der Waals surface area contributed by atoms with E-state index in [1.165, 1.54) is 6.07 Å². The summed E-state index contributed by atoms with van der Waals surface area (Å²) in [7, 11) is 0. The Kier molecular flexibility index (Phi) is 6.96. The zero-order valence-electron chi connectivity index (χ0n) is 19.7. The molecule has 1 aliphatic rings. The molecule has 0 aliphatic carbocycles. The zero-order valence-corrected chi connectivity index (χ0v) is 19.7. The average Bonchev–Trinajstić information content (AvgIpc) is 3.20. The molecule has 0 bridgehead atoms. The minimum atomic E-state index is -0.665. The Hall–Kier alpha value is -3.67. The van der Waals surface area contributed by atoms with Crippen molar-refractivity contribution in [3.63, 3.8) is 0 Å². The first kappa shape index (κ1) is 23.5. The van der Waals surface area contributed by atoms with Crippen LogP contribution in [0.15, 0.2) is 89.9 Å². The third kappa shape index (κ3) is 5.45. The van der Waals surface area contributed by atoms with Crippen molar-refractivity contribution >= 4 is 12.1 Å². The van der Waals surface area contributed by atoms with E-state index in [4.69, 9.17) is 9.73 Å². The molecule has 0 radical (unpaired) electrons. The second kappa shape index (κ2) is 10.1. The van der Waals surface area contributed by atoms with Gasteiger partial charge in [-0.15, -0.1) is 0 Å². The van der Waals surface area contributed by atoms with Crippen LogP contribution >= 0.6 is 0 Å². The minimum Gasteiger partial charge on any atom is -0.443 e. The number of hydrogen-bond donors (Lipinski definition) is 1. The molecule has 5 nitrogen and oxygen atoms in total. The van der Waals surface area contributed by atoms with Crippen LogP contribution in [-0.4, -0.2) is 29.1 Å². The van der Waals surface area contributed by atoms with E-state index in [9.17, 15) is 9.18 Å². The van der Waals surface area contributed by atoms with Crippen LogP contribution in [0, 0.1) is 5.82 Å². The number of guanidine groups is 1. The van der Waals surface area contributed by atoms with Crippen LogP contribution < -0.4 is 5.32 Å². The van der Waals surface area contributed by atoms with Crippen molar-refractivity contribution in [1.29, 1.82) is 0 Å². The van der Waals surface area contributed by atoms with Crippen LogP contribution in [0.2, 0.25) is 0 Å². The summed E-state index contributed by atoms with van der Waals surface area (Å²) in [6, 6.07) is 25.9. The number of nitrogens with zero attached hydrogens (tertiary/aromatic N) is 2. The lowest BCUT2D eigenvalue weighted by Gasteiger charge is -2.29. The molecule has 1 heterocycles. The molecule has 34 heavy (non-hydrogen) atoms. The highest BCUT2D eigenvalue weighted by molar-refractivity contribution is 5.97. The Bertz CT molecular complexity index is 1140. The molecule has 0 unspecified atom stereocenters. The Balaban J connectivity index is 1.72.